The van der Waals surface area contributed by atoms with Crippen LogP contribution in [-0.2, 0) is 12.5 Å². The summed E-state index contributed by atoms with van der Waals surface area (Å²) in [5.74, 6) is 1.27. The summed E-state index contributed by atoms with van der Waals surface area (Å²) in [5, 5.41) is 3.58. The van der Waals surface area contributed by atoms with Crippen LogP contribution >= 0.6 is 0 Å². The van der Waals surface area contributed by atoms with Crippen molar-refractivity contribution >= 4 is 11.0 Å². The number of hydrogen-bond donors (Lipinski definition) is 1. The predicted molar refractivity (Wildman–Crippen MR) is 79.4 cm³/mol. The highest BCUT2D eigenvalue weighted by Gasteiger charge is 2.37. The van der Waals surface area contributed by atoms with Crippen molar-refractivity contribution in [2.45, 2.75) is 38.0 Å². The molecule has 19 heavy (non-hydrogen) atoms. The lowest BCUT2D eigenvalue weighted by Gasteiger charge is -2.37. The summed E-state index contributed by atoms with van der Waals surface area (Å²) < 4.78 is 2.30. The van der Waals surface area contributed by atoms with Crippen LogP contribution in [0, 0.1) is 0 Å². The Kier molecular flexibility index (Phi) is 3.31. The Morgan fingerprint density at radius 1 is 1.37 bits per heavy atom. The molecule has 1 aliphatic heterocycles. The zero-order valence-corrected chi connectivity index (χ0v) is 11.9. The average Bonchev–Trinajstić information content (AvgIpc) is 2.79. The number of benzene rings is 1. The molecule has 2 aromatic rings. The number of fused-ring (bicyclic) bond motifs is 1. The van der Waals surface area contributed by atoms with Crippen molar-refractivity contribution in [1.82, 2.24) is 14.9 Å². The van der Waals surface area contributed by atoms with E-state index in [0.717, 1.165) is 18.6 Å². The number of aryl methyl sites for hydroxylation is 1. The first kappa shape index (κ1) is 12.7. The topological polar surface area (TPSA) is 29.9 Å². The molecule has 102 valence electrons. The molecule has 1 fully saturated rings. The van der Waals surface area contributed by atoms with Crippen molar-refractivity contribution in [3.05, 3.63) is 30.1 Å². The first-order valence-electron chi connectivity index (χ1n) is 7.39. The molecule has 3 nitrogen and oxygen atoms in total. The van der Waals surface area contributed by atoms with Crippen LogP contribution < -0.4 is 5.32 Å². The molecule has 0 radical (unpaired) electrons. The maximum Gasteiger partial charge on any atom is 0.117 e. The largest absolute Gasteiger partial charge is 0.331 e. The van der Waals surface area contributed by atoms with E-state index in [1.807, 2.05) is 0 Å². The van der Waals surface area contributed by atoms with Crippen LogP contribution in [0.25, 0.3) is 11.0 Å². The Morgan fingerprint density at radius 2 is 2.21 bits per heavy atom. The minimum absolute atomic E-state index is 0.223. The number of piperidine rings is 1. The van der Waals surface area contributed by atoms with Gasteiger partial charge in [-0.05, 0) is 37.9 Å². The van der Waals surface area contributed by atoms with Crippen LogP contribution in [0.2, 0.25) is 0 Å². The number of aromatic nitrogens is 2. The first-order chi connectivity index (χ1) is 9.27. The molecule has 1 N–H and O–H groups in total. The van der Waals surface area contributed by atoms with E-state index in [1.54, 1.807) is 0 Å². The number of nitrogens with one attached hydrogen (secondary N) is 1. The summed E-state index contributed by atoms with van der Waals surface area (Å²) in [5.41, 5.74) is 2.60. The minimum Gasteiger partial charge on any atom is -0.331 e. The van der Waals surface area contributed by atoms with Gasteiger partial charge >= 0.3 is 0 Å². The van der Waals surface area contributed by atoms with E-state index in [4.69, 9.17) is 4.98 Å². The standard InChI is InChI=1S/C16H23N3/c1-3-9-16(10-6-11-17-12-16)15-18-13-7-4-5-8-14(13)19(15)2/h4-5,7-8,17H,3,6,9-12H2,1-2H3. The van der Waals surface area contributed by atoms with Crippen LogP contribution in [-0.4, -0.2) is 22.6 Å². The van der Waals surface area contributed by atoms with Gasteiger partial charge in [0.2, 0.25) is 0 Å². The Balaban J connectivity index is 2.11. The van der Waals surface area contributed by atoms with Gasteiger partial charge in [0.05, 0.1) is 11.0 Å². The van der Waals surface area contributed by atoms with E-state index in [0.29, 0.717) is 0 Å². The van der Waals surface area contributed by atoms with Crippen LogP contribution in [0.4, 0.5) is 0 Å². The number of rotatable bonds is 3. The van der Waals surface area contributed by atoms with Gasteiger partial charge in [0.25, 0.3) is 0 Å². The molecule has 1 unspecified atom stereocenters. The Morgan fingerprint density at radius 3 is 2.89 bits per heavy atom. The molecule has 0 aliphatic carbocycles. The zero-order valence-electron chi connectivity index (χ0n) is 11.9. The van der Waals surface area contributed by atoms with Gasteiger partial charge in [-0.15, -0.1) is 0 Å². The summed E-state index contributed by atoms with van der Waals surface area (Å²) in [6, 6.07) is 8.46. The van der Waals surface area contributed by atoms with Crippen molar-refractivity contribution in [2.24, 2.45) is 7.05 Å². The van der Waals surface area contributed by atoms with E-state index in [2.05, 4.69) is 48.1 Å². The van der Waals surface area contributed by atoms with Crippen molar-refractivity contribution in [3.8, 4) is 0 Å². The molecule has 0 spiro atoms. The number of para-hydroxylation sites is 2. The third-order valence-electron chi connectivity index (χ3n) is 4.46. The van der Waals surface area contributed by atoms with Crippen molar-refractivity contribution in [2.75, 3.05) is 13.1 Å². The quantitative estimate of drug-likeness (QED) is 0.916. The van der Waals surface area contributed by atoms with Crippen molar-refractivity contribution < 1.29 is 0 Å². The molecular weight excluding hydrogens is 234 g/mol. The smallest absolute Gasteiger partial charge is 0.117 e. The summed E-state index contributed by atoms with van der Waals surface area (Å²) in [6.45, 7) is 4.49. The monoisotopic (exact) mass is 257 g/mol. The van der Waals surface area contributed by atoms with E-state index in [9.17, 15) is 0 Å². The third kappa shape index (κ3) is 2.06. The minimum atomic E-state index is 0.223. The predicted octanol–water partition coefficient (Wildman–Crippen LogP) is 2.99. The molecule has 0 bridgehead atoms. The lowest BCUT2D eigenvalue weighted by molar-refractivity contribution is 0.271. The Bertz CT molecular complexity index is 559. The fourth-order valence-corrected chi connectivity index (χ4v) is 3.58. The van der Waals surface area contributed by atoms with Gasteiger partial charge in [-0.1, -0.05) is 25.5 Å². The highest BCUT2D eigenvalue weighted by atomic mass is 15.1. The van der Waals surface area contributed by atoms with Crippen LogP contribution in [0.1, 0.15) is 38.4 Å². The summed E-state index contributed by atoms with van der Waals surface area (Å²) in [4.78, 5) is 4.95. The van der Waals surface area contributed by atoms with Gasteiger partial charge in [0, 0.05) is 19.0 Å². The molecule has 2 heterocycles. The van der Waals surface area contributed by atoms with Crippen LogP contribution in [0.5, 0.6) is 0 Å². The van der Waals surface area contributed by atoms with Gasteiger partial charge in [0.15, 0.2) is 0 Å². The highest BCUT2D eigenvalue weighted by Crippen LogP contribution is 2.36. The fraction of sp³-hybridized carbons (Fsp3) is 0.562. The van der Waals surface area contributed by atoms with E-state index >= 15 is 0 Å². The third-order valence-corrected chi connectivity index (χ3v) is 4.46. The van der Waals surface area contributed by atoms with Crippen LogP contribution in [0.15, 0.2) is 24.3 Å². The molecule has 1 atom stereocenters. The molecule has 0 saturated carbocycles. The fourth-order valence-electron chi connectivity index (χ4n) is 3.58. The Labute approximate surface area is 115 Å². The summed E-state index contributed by atoms with van der Waals surface area (Å²) in [6.07, 6.45) is 4.94. The maximum atomic E-state index is 4.95. The molecule has 1 saturated heterocycles. The number of hydrogen-bond acceptors (Lipinski definition) is 2. The van der Waals surface area contributed by atoms with Gasteiger partial charge < -0.3 is 9.88 Å². The van der Waals surface area contributed by atoms with Gasteiger partial charge in [0.1, 0.15) is 5.82 Å². The second kappa shape index (κ2) is 4.97. The lowest BCUT2D eigenvalue weighted by Crippen LogP contribution is -2.44. The number of nitrogens with zero attached hydrogens (tertiary/aromatic N) is 2. The molecular formula is C16H23N3. The van der Waals surface area contributed by atoms with E-state index < -0.39 is 0 Å². The van der Waals surface area contributed by atoms with Gasteiger partial charge in [-0.3, -0.25) is 0 Å². The average molecular weight is 257 g/mol. The Hall–Kier alpha value is -1.35. The summed E-state index contributed by atoms with van der Waals surface area (Å²) >= 11 is 0. The SMILES string of the molecule is CCCC1(c2nc3ccccc3n2C)CCCNC1. The molecule has 1 aromatic carbocycles. The zero-order chi connectivity index (χ0) is 13.3. The molecule has 3 heteroatoms. The van der Waals surface area contributed by atoms with E-state index in [1.165, 1.54) is 37.0 Å². The summed E-state index contributed by atoms with van der Waals surface area (Å²) in [7, 11) is 2.16. The van der Waals surface area contributed by atoms with Gasteiger partial charge in [-0.2, -0.15) is 0 Å². The molecule has 1 aliphatic rings. The first-order valence-corrected chi connectivity index (χ1v) is 7.39. The highest BCUT2D eigenvalue weighted by molar-refractivity contribution is 5.76. The molecule has 0 amide bonds. The van der Waals surface area contributed by atoms with Crippen LogP contribution in [0.3, 0.4) is 0 Å². The van der Waals surface area contributed by atoms with Crippen molar-refractivity contribution in [3.63, 3.8) is 0 Å². The second-order valence-corrected chi connectivity index (χ2v) is 5.79. The number of imidazole rings is 1. The van der Waals surface area contributed by atoms with E-state index in [-0.39, 0.29) is 5.41 Å². The normalized spacial score (nSPS) is 23.9. The molecule has 3 rings (SSSR count). The van der Waals surface area contributed by atoms with Crippen molar-refractivity contribution in [1.29, 1.82) is 0 Å². The lowest BCUT2D eigenvalue weighted by atomic mass is 9.76. The molecule has 1 aromatic heterocycles. The maximum absolute atomic E-state index is 4.95. The second-order valence-electron chi connectivity index (χ2n) is 5.79. The van der Waals surface area contributed by atoms with Gasteiger partial charge in [-0.25, -0.2) is 4.98 Å².